The van der Waals surface area contributed by atoms with Gasteiger partial charge in [-0.25, -0.2) is 0 Å². The van der Waals surface area contributed by atoms with Crippen molar-refractivity contribution < 1.29 is 14.3 Å². The third kappa shape index (κ3) is 5.59. The predicted octanol–water partition coefficient (Wildman–Crippen LogP) is 4.43. The summed E-state index contributed by atoms with van der Waals surface area (Å²) < 4.78 is 5.05. The van der Waals surface area contributed by atoms with Crippen LogP contribution < -0.4 is 5.32 Å². The van der Waals surface area contributed by atoms with Gasteiger partial charge in [0.2, 0.25) is 0 Å². The van der Waals surface area contributed by atoms with Gasteiger partial charge in [0, 0.05) is 24.7 Å². The van der Waals surface area contributed by atoms with E-state index in [1.165, 1.54) is 0 Å². The van der Waals surface area contributed by atoms with Crippen LogP contribution >= 0.6 is 0 Å². The highest BCUT2D eigenvalue weighted by molar-refractivity contribution is 5.98. The van der Waals surface area contributed by atoms with Crippen LogP contribution in [0.15, 0.2) is 66.7 Å². The number of amides is 1. The second-order valence-corrected chi connectivity index (χ2v) is 8.65. The minimum Gasteiger partial charge on any atom is -0.466 e. The van der Waals surface area contributed by atoms with Crippen molar-refractivity contribution in [2.75, 3.05) is 26.7 Å². The molecule has 0 spiro atoms. The summed E-state index contributed by atoms with van der Waals surface area (Å²) in [6.07, 6.45) is 1.18. The lowest BCUT2D eigenvalue weighted by molar-refractivity contribution is -0.142. The number of benzene rings is 3. The number of likely N-dealkylation sites (N-methyl/N-ethyl adjacent to an activating group) is 1. The van der Waals surface area contributed by atoms with Gasteiger partial charge in [-0.1, -0.05) is 42.5 Å². The van der Waals surface area contributed by atoms with Gasteiger partial charge in [-0.2, -0.15) is 5.26 Å². The van der Waals surface area contributed by atoms with Crippen LogP contribution in [0, 0.1) is 11.3 Å². The second-order valence-electron chi connectivity index (χ2n) is 8.65. The molecule has 1 N–H and O–H groups in total. The van der Waals surface area contributed by atoms with Crippen molar-refractivity contribution in [3.63, 3.8) is 0 Å². The highest BCUT2D eigenvalue weighted by Gasteiger charge is 2.26. The Kier molecular flexibility index (Phi) is 7.59. The molecule has 1 atom stereocenters. The molecular weight excluding hydrogens is 438 g/mol. The fraction of sp³-hybridized carbons (Fsp3) is 0.276. The van der Waals surface area contributed by atoms with Crippen LogP contribution in [0.5, 0.6) is 0 Å². The Morgan fingerprint density at radius 2 is 1.71 bits per heavy atom. The number of hydrogen-bond donors (Lipinski definition) is 1. The second kappa shape index (κ2) is 11.0. The maximum Gasteiger partial charge on any atom is 0.310 e. The van der Waals surface area contributed by atoms with E-state index in [9.17, 15) is 14.9 Å². The van der Waals surface area contributed by atoms with E-state index >= 15 is 0 Å². The van der Waals surface area contributed by atoms with Crippen molar-refractivity contribution in [1.82, 2.24) is 10.2 Å². The van der Waals surface area contributed by atoms with Gasteiger partial charge in [0.05, 0.1) is 24.7 Å². The fourth-order valence-corrected chi connectivity index (χ4v) is 4.44. The molecule has 0 saturated carbocycles. The molecule has 1 saturated heterocycles. The minimum absolute atomic E-state index is 0.0222. The van der Waals surface area contributed by atoms with E-state index in [1.54, 1.807) is 19.1 Å². The van der Waals surface area contributed by atoms with Crippen LogP contribution in [0.4, 0.5) is 0 Å². The number of nitrogens with one attached hydrogen (secondary N) is 1. The molecule has 3 aromatic rings. The van der Waals surface area contributed by atoms with E-state index in [2.05, 4.69) is 11.4 Å². The first-order valence-electron chi connectivity index (χ1n) is 11.9. The number of carbonyl (C=O) groups is 2. The summed E-state index contributed by atoms with van der Waals surface area (Å²) in [6, 6.07) is 23.5. The van der Waals surface area contributed by atoms with Gasteiger partial charge in [0.15, 0.2) is 0 Å². The summed E-state index contributed by atoms with van der Waals surface area (Å²) in [5, 5.41) is 12.4. The molecule has 6 nitrogen and oxygen atoms in total. The van der Waals surface area contributed by atoms with Crippen molar-refractivity contribution in [2.24, 2.45) is 0 Å². The lowest BCUT2D eigenvalue weighted by Gasteiger charge is -2.18. The SMILES string of the molecule is CCOC(=O)Cc1ccc(-c2ccc(C(=O)N3CC[C@H](NC)C3)cc2-c2ccc(C#N)cc2)cc1. The average molecular weight is 468 g/mol. The Balaban J connectivity index is 1.69. The highest BCUT2D eigenvalue weighted by atomic mass is 16.5. The molecule has 35 heavy (non-hydrogen) atoms. The first-order valence-corrected chi connectivity index (χ1v) is 11.9. The molecule has 1 aliphatic heterocycles. The molecule has 178 valence electrons. The van der Waals surface area contributed by atoms with Gasteiger partial charge in [-0.05, 0) is 72.5 Å². The van der Waals surface area contributed by atoms with Gasteiger partial charge >= 0.3 is 5.97 Å². The Hall–Kier alpha value is -3.95. The zero-order valence-corrected chi connectivity index (χ0v) is 20.1. The number of nitriles is 1. The smallest absolute Gasteiger partial charge is 0.310 e. The van der Waals surface area contributed by atoms with Gasteiger partial charge in [-0.3, -0.25) is 9.59 Å². The lowest BCUT2D eigenvalue weighted by atomic mass is 9.91. The Morgan fingerprint density at radius 1 is 1.03 bits per heavy atom. The van der Waals surface area contributed by atoms with E-state index in [4.69, 9.17) is 4.74 Å². The van der Waals surface area contributed by atoms with Crippen LogP contribution in [0.2, 0.25) is 0 Å². The number of likely N-dealkylation sites (tertiary alicyclic amines) is 1. The molecule has 3 aromatic carbocycles. The summed E-state index contributed by atoms with van der Waals surface area (Å²) in [5.41, 5.74) is 5.91. The number of esters is 1. The molecule has 1 fully saturated rings. The Morgan fingerprint density at radius 3 is 2.34 bits per heavy atom. The topological polar surface area (TPSA) is 82.4 Å². The highest BCUT2D eigenvalue weighted by Crippen LogP contribution is 2.34. The van der Waals surface area contributed by atoms with Gasteiger partial charge in [-0.15, -0.1) is 0 Å². The molecule has 4 rings (SSSR count). The monoisotopic (exact) mass is 467 g/mol. The zero-order valence-electron chi connectivity index (χ0n) is 20.1. The van der Waals surface area contributed by atoms with Crippen molar-refractivity contribution in [1.29, 1.82) is 5.26 Å². The summed E-state index contributed by atoms with van der Waals surface area (Å²) in [5.74, 6) is -0.224. The minimum atomic E-state index is -0.246. The Labute approximate surface area is 206 Å². The van der Waals surface area contributed by atoms with Gasteiger partial charge < -0.3 is 15.0 Å². The predicted molar refractivity (Wildman–Crippen MR) is 136 cm³/mol. The molecule has 1 heterocycles. The van der Waals surface area contributed by atoms with E-state index in [-0.39, 0.29) is 18.3 Å². The number of hydrogen-bond acceptors (Lipinski definition) is 5. The maximum absolute atomic E-state index is 13.3. The molecule has 0 aliphatic carbocycles. The Bertz CT molecular complexity index is 1240. The standard InChI is InChI=1S/C29H29N3O3/c1-3-35-28(33)16-20-4-8-22(9-5-20)26-13-12-24(29(34)32-15-14-25(19-32)31-2)17-27(26)23-10-6-21(18-30)7-11-23/h4-13,17,25,31H,3,14-16,19H2,1-2H3/t25-/m0/s1. The first-order chi connectivity index (χ1) is 17.0. The van der Waals surface area contributed by atoms with Crippen LogP contribution in [0.25, 0.3) is 22.3 Å². The number of rotatable bonds is 7. The number of ether oxygens (including phenoxy) is 1. The van der Waals surface area contributed by atoms with Crippen LogP contribution in [-0.4, -0.2) is 49.6 Å². The summed E-state index contributed by atoms with van der Waals surface area (Å²) >= 11 is 0. The molecule has 1 amide bonds. The third-order valence-corrected chi connectivity index (χ3v) is 6.39. The van der Waals surface area contributed by atoms with Crippen LogP contribution in [0.3, 0.4) is 0 Å². The average Bonchev–Trinajstić information content (AvgIpc) is 3.38. The van der Waals surface area contributed by atoms with Crippen molar-refractivity contribution in [3.8, 4) is 28.3 Å². The van der Waals surface area contributed by atoms with Gasteiger partial charge in [0.1, 0.15) is 0 Å². The first kappa shape index (κ1) is 24.2. The molecule has 0 unspecified atom stereocenters. The van der Waals surface area contributed by atoms with Crippen molar-refractivity contribution in [2.45, 2.75) is 25.8 Å². The molecular formula is C29H29N3O3. The number of nitrogens with zero attached hydrogens (tertiary/aromatic N) is 2. The number of carbonyl (C=O) groups excluding carboxylic acids is 2. The summed E-state index contributed by atoms with van der Waals surface area (Å²) in [6.45, 7) is 3.59. The van der Waals surface area contributed by atoms with Crippen LogP contribution in [-0.2, 0) is 16.0 Å². The van der Waals surface area contributed by atoms with E-state index in [0.29, 0.717) is 30.3 Å². The fourth-order valence-electron chi connectivity index (χ4n) is 4.44. The summed E-state index contributed by atoms with van der Waals surface area (Å²) in [4.78, 5) is 27.0. The van der Waals surface area contributed by atoms with E-state index < -0.39 is 0 Å². The third-order valence-electron chi connectivity index (χ3n) is 6.39. The largest absolute Gasteiger partial charge is 0.466 e. The normalized spacial score (nSPS) is 15.0. The van der Waals surface area contributed by atoms with Crippen molar-refractivity contribution in [3.05, 3.63) is 83.4 Å². The quantitative estimate of drug-likeness (QED) is 0.520. The molecule has 1 aliphatic rings. The molecule has 6 heteroatoms. The van der Waals surface area contributed by atoms with Gasteiger partial charge in [0.25, 0.3) is 5.91 Å². The molecule has 0 aromatic heterocycles. The molecule has 0 radical (unpaired) electrons. The van der Waals surface area contributed by atoms with E-state index in [0.717, 1.165) is 40.8 Å². The molecule has 0 bridgehead atoms. The summed E-state index contributed by atoms with van der Waals surface area (Å²) in [7, 11) is 1.93. The zero-order chi connectivity index (χ0) is 24.8. The lowest BCUT2D eigenvalue weighted by Crippen LogP contribution is -2.33. The van der Waals surface area contributed by atoms with Crippen LogP contribution in [0.1, 0.15) is 34.8 Å². The maximum atomic E-state index is 13.3. The van der Waals surface area contributed by atoms with Crippen molar-refractivity contribution >= 4 is 11.9 Å². The van der Waals surface area contributed by atoms with E-state index in [1.807, 2.05) is 66.5 Å².